The number of carbonyl (C=O) groups excluding carboxylic acids is 2. The summed E-state index contributed by atoms with van der Waals surface area (Å²) < 4.78 is 35.7. The van der Waals surface area contributed by atoms with Gasteiger partial charge in [-0.05, 0) is 74.2 Å². The predicted octanol–water partition coefficient (Wildman–Crippen LogP) is 7.33. The summed E-state index contributed by atoms with van der Waals surface area (Å²) in [4.78, 5) is 30.6. The van der Waals surface area contributed by atoms with E-state index < -0.39 is 28.5 Å². The number of hydrogen-bond donors (Lipinski definition) is 1. The van der Waals surface area contributed by atoms with E-state index in [1.807, 2.05) is 68.4 Å². The van der Waals surface area contributed by atoms with Crippen molar-refractivity contribution in [2.75, 3.05) is 17.5 Å². The topological polar surface area (TPSA) is 96.0 Å². The maximum atomic E-state index is 14.8. The molecule has 0 aliphatic heterocycles. The van der Waals surface area contributed by atoms with Crippen LogP contribution < -0.4 is 14.4 Å². The van der Waals surface area contributed by atoms with Gasteiger partial charge in [-0.25, -0.2) is 8.42 Å². The zero-order valence-electron chi connectivity index (χ0n) is 28.1. The maximum absolute atomic E-state index is 14.8. The van der Waals surface area contributed by atoms with Crippen LogP contribution in [0.3, 0.4) is 0 Å². The molecule has 1 N–H and O–H groups in total. The standard InChI is InChI=1S/C39H44ClN3O5S/c1-3-48-37-20-11-10-19-35(37)43(49(46,47)34-23-21-32(40)22-24-34)28-38(44)42(27-31-16-12-13-29(2)25-31)36(26-30-14-6-4-7-15-30)39(45)41-33-17-8-5-9-18-33/h4,6-7,10-16,19-25,33,36H,3,5,8-9,17-18,26-28H2,1-2H3,(H,41,45)/t36-/m1/s1. The highest BCUT2D eigenvalue weighted by Gasteiger charge is 2.36. The Balaban J connectivity index is 1.59. The number of sulfonamides is 1. The van der Waals surface area contributed by atoms with Crippen molar-refractivity contribution in [1.29, 1.82) is 0 Å². The van der Waals surface area contributed by atoms with E-state index in [1.54, 1.807) is 24.3 Å². The largest absolute Gasteiger partial charge is 0.492 e. The predicted molar refractivity (Wildman–Crippen MR) is 194 cm³/mol. The smallest absolute Gasteiger partial charge is 0.264 e. The minimum Gasteiger partial charge on any atom is -0.492 e. The van der Waals surface area contributed by atoms with Crippen molar-refractivity contribution in [2.45, 2.75) is 75.9 Å². The summed E-state index contributed by atoms with van der Waals surface area (Å²) in [5.41, 5.74) is 2.95. The van der Waals surface area contributed by atoms with Gasteiger partial charge in [0.2, 0.25) is 11.8 Å². The Bertz CT molecular complexity index is 1810. The van der Waals surface area contributed by atoms with Crippen LogP contribution >= 0.6 is 11.6 Å². The summed E-state index contributed by atoms with van der Waals surface area (Å²) >= 11 is 6.11. The van der Waals surface area contributed by atoms with Crippen molar-refractivity contribution in [3.8, 4) is 5.75 Å². The molecule has 10 heteroatoms. The third-order valence-corrected chi connectivity index (χ3v) is 10.8. The second-order valence-corrected chi connectivity index (χ2v) is 14.7. The molecular formula is C39H44ClN3O5S. The second kappa shape index (κ2) is 16.9. The van der Waals surface area contributed by atoms with Crippen molar-refractivity contribution in [2.24, 2.45) is 0 Å². The second-order valence-electron chi connectivity index (χ2n) is 12.4. The van der Waals surface area contributed by atoms with E-state index in [0.717, 1.165) is 53.1 Å². The molecule has 0 spiro atoms. The number of anilines is 1. The van der Waals surface area contributed by atoms with E-state index in [-0.39, 0.29) is 35.5 Å². The Morgan fingerprint density at radius 3 is 2.24 bits per heavy atom. The van der Waals surface area contributed by atoms with Gasteiger partial charge in [0.25, 0.3) is 10.0 Å². The van der Waals surface area contributed by atoms with Crippen molar-refractivity contribution in [1.82, 2.24) is 10.2 Å². The molecule has 0 unspecified atom stereocenters. The molecular weight excluding hydrogens is 658 g/mol. The molecule has 1 saturated carbocycles. The molecule has 4 aromatic carbocycles. The molecule has 2 amide bonds. The monoisotopic (exact) mass is 701 g/mol. The fourth-order valence-corrected chi connectivity index (χ4v) is 7.84. The number of nitrogens with zero attached hydrogens (tertiary/aromatic N) is 2. The Morgan fingerprint density at radius 2 is 1.55 bits per heavy atom. The molecule has 1 aliphatic carbocycles. The Kier molecular flexibility index (Phi) is 12.4. The van der Waals surface area contributed by atoms with Crippen molar-refractivity contribution >= 4 is 39.1 Å². The molecule has 1 atom stereocenters. The van der Waals surface area contributed by atoms with Crippen LogP contribution in [0.2, 0.25) is 5.02 Å². The number of benzene rings is 4. The molecule has 0 saturated heterocycles. The highest BCUT2D eigenvalue weighted by molar-refractivity contribution is 7.92. The Morgan fingerprint density at radius 1 is 0.878 bits per heavy atom. The lowest BCUT2D eigenvalue weighted by molar-refractivity contribution is -0.140. The van der Waals surface area contributed by atoms with Crippen molar-refractivity contribution in [3.05, 3.63) is 125 Å². The summed E-state index contributed by atoms with van der Waals surface area (Å²) in [5.74, 6) is -0.458. The van der Waals surface area contributed by atoms with Crippen molar-refractivity contribution < 1.29 is 22.7 Å². The van der Waals surface area contributed by atoms with E-state index in [4.69, 9.17) is 16.3 Å². The first-order valence-electron chi connectivity index (χ1n) is 16.8. The van der Waals surface area contributed by atoms with Crippen LogP contribution in [-0.4, -0.2) is 50.4 Å². The lowest BCUT2D eigenvalue weighted by atomic mass is 9.94. The first kappa shape index (κ1) is 36.0. The van der Waals surface area contributed by atoms with Crippen LogP contribution in [-0.2, 0) is 32.6 Å². The van der Waals surface area contributed by atoms with Gasteiger partial charge in [0.05, 0.1) is 17.2 Å². The summed E-state index contributed by atoms with van der Waals surface area (Å²) in [7, 11) is -4.30. The SMILES string of the molecule is CCOc1ccccc1N(CC(=O)N(Cc1cccc(C)c1)[C@H](Cc1ccccc1)C(=O)NC1CCCCC1)S(=O)(=O)c1ccc(Cl)cc1. The third-order valence-electron chi connectivity index (χ3n) is 8.77. The Hall–Kier alpha value is -4.34. The molecule has 1 fully saturated rings. The van der Waals surface area contributed by atoms with Crippen LogP contribution in [0.25, 0.3) is 0 Å². The number of halogens is 1. The molecule has 1 aliphatic rings. The minimum atomic E-state index is -4.30. The maximum Gasteiger partial charge on any atom is 0.264 e. The lowest BCUT2D eigenvalue weighted by Gasteiger charge is -2.35. The zero-order valence-corrected chi connectivity index (χ0v) is 29.6. The Labute approximate surface area is 295 Å². The molecule has 4 aromatic rings. The minimum absolute atomic E-state index is 0.0234. The first-order chi connectivity index (χ1) is 23.7. The molecule has 258 valence electrons. The van der Waals surface area contributed by atoms with Gasteiger partial charge in [-0.2, -0.15) is 0 Å². The van der Waals surface area contributed by atoms with Gasteiger partial charge in [0, 0.05) is 24.0 Å². The number of hydrogen-bond acceptors (Lipinski definition) is 5. The average molecular weight is 702 g/mol. The number of ether oxygens (including phenoxy) is 1. The summed E-state index contributed by atoms with van der Waals surface area (Å²) in [6.07, 6.45) is 5.25. The summed E-state index contributed by atoms with van der Waals surface area (Å²) in [6, 6.07) is 29.1. The molecule has 5 rings (SSSR count). The van der Waals surface area contributed by atoms with Crippen LogP contribution in [0.5, 0.6) is 5.75 Å². The fraction of sp³-hybridized carbons (Fsp3) is 0.333. The third kappa shape index (κ3) is 9.43. The van der Waals surface area contributed by atoms with Gasteiger partial charge in [0.1, 0.15) is 18.3 Å². The summed E-state index contributed by atoms with van der Waals surface area (Å²) in [5, 5.41) is 3.63. The number of nitrogens with one attached hydrogen (secondary N) is 1. The van der Waals surface area contributed by atoms with Gasteiger partial charge in [-0.3, -0.25) is 13.9 Å². The van der Waals surface area contributed by atoms with E-state index in [9.17, 15) is 18.0 Å². The number of amides is 2. The molecule has 0 bridgehead atoms. The van der Waals surface area contributed by atoms with Crippen molar-refractivity contribution in [3.63, 3.8) is 0 Å². The van der Waals surface area contributed by atoms with E-state index >= 15 is 0 Å². The molecule has 0 aromatic heterocycles. The molecule has 0 radical (unpaired) electrons. The first-order valence-corrected chi connectivity index (χ1v) is 18.7. The summed E-state index contributed by atoms with van der Waals surface area (Å²) in [6.45, 7) is 3.61. The normalized spacial score (nSPS) is 14.1. The zero-order chi connectivity index (χ0) is 34.8. The highest BCUT2D eigenvalue weighted by atomic mass is 35.5. The van der Waals surface area contributed by atoms with E-state index in [2.05, 4.69) is 5.32 Å². The molecule has 8 nitrogen and oxygen atoms in total. The number of carbonyl (C=O) groups is 2. The number of rotatable bonds is 14. The quantitative estimate of drug-likeness (QED) is 0.149. The van der Waals surface area contributed by atoms with Gasteiger partial charge in [-0.1, -0.05) is 103 Å². The van der Waals surface area contributed by atoms with Gasteiger partial charge < -0.3 is 15.0 Å². The highest BCUT2D eigenvalue weighted by Crippen LogP contribution is 2.33. The molecule has 49 heavy (non-hydrogen) atoms. The van der Waals surface area contributed by atoms with Gasteiger partial charge in [0.15, 0.2) is 0 Å². The van der Waals surface area contributed by atoms with E-state index in [0.29, 0.717) is 17.4 Å². The number of aryl methyl sites for hydroxylation is 1. The van der Waals surface area contributed by atoms with Crippen LogP contribution in [0, 0.1) is 6.92 Å². The fourth-order valence-electron chi connectivity index (χ4n) is 6.29. The van der Waals surface area contributed by atoms with Crippen LogP contribution in [0.15, 0.2) is 108 Å². The van der Waals surface area contributed by atoms with Crippen LogP contribution in [0.4, 0.5) is 5.69 Å². The number of para-hydroxylation sites is 2. The van der Waals surface area contributed by atoms with Gasteiger partial charge >= 0.3 is 0 Å². The molecule has 0 heterocycles. The average Bonchev–Trinajstić information content (AvgIpc) is 3.10. The lowest BCUT2D eigenvalue weighted by Crippen LogP contribution is -2.55. The van der Waals surface area contributed by atoms with Gasteiger partial charge in [-0.15, -0.1) is 0 Å². The van der Waals surface area contributed by atoms with Crippen LogP contribution in [0.1, 0.15) is 55.7 Å². The van der Waals surface area contributed by atoms with E-state index in [1.165, 1.54) is 29.2 Å².